The average Bonchev–Trinajstić information content (AvgIpc) is 2.80. The molecule has 0 saturated carbocycles. The number of imide groups is 1. The second-order valence-electron chi connectivity index (χ2n) is 4.01. The number of carboxylic acid groups (broad SMARTS) is 1. The van der Waals surface area contributed by atoms with E-state index in [9.17, 15) is 14.4 Å². The third-order valence-corrected chi connectivity index (χ3v) is 2.84. The molecule has 1 saturated heterocycles. The van der Waals surface area contributed by atoms with Crippen LogP contribution in [0, 0.1) is 0 Å². The Morgan fingerprint density at radius 1 is 1.06 bits per heavy atom. The molecule has 0 atom stereocenters. The Bertz CT molecular complexity index is 381. The molecule has 94 valence electrons. The number of hydrogen-bond acceptors (Lipinski definition) is 3. The predicted molar refractivity (Wildman–Crippen MR) is 60.4 cm³/mol. The predicted octanol–water partition coefficient (Wildman–Crippen LogP) is 0.739. The van der Waals surface area contributed by atoms with Crippen LogP contribution in [0.25, 0.3) is 0 Å². The lowest BCUT2D eigenvalue weighted by Gasteiger charge is -2.15. The topological polar surface area (TPSA) is 86.7 Å². The first kappa shape index (κ1) is 13.2. The van der Waals surface area contributed by atoms with Crippen molar-refractivity contribution < 1.29 is 19.5 Å². The van der Waals surface area contributed by atoms with E-state index in [2.05, 4.69) is 5.32 Å². The van der Waals surface area contributed by atoms with Gasteiger partial charge in [-0.1, -0.05) is 0 Å². The summed E-state index contributed by atoms with van der Waals surface area (Å²) in [5.74, 6) is -1.81. The van der Waals surface area contributed by atoms with Gasteiger partial charge in [-0.15, -0.1) is 0 Å². The fourth-order valence-corrected chi connectivity index (χ4v) is 1.52. The zero-order chi connectivity index (χ0) is 13.0. The minimum Gasteiger partial charge on any atom is -0.478 e. The molecule has 0 unspecified atom stereocenters. The summed E-state index contributed by atoms with van der Waals surface area (Å²) < 4.78 is 0. The zero-order valence-corrected chi connectivity index (χ0v) is 9.95. The van der Waals surface area contributed by atoms with E-state index < -0.39 is 17.9 Å². The van der Waals surface area contributed by atoms with Gasteiger partial charge in [-0.2, -0.15) is 0 Å². The summed E-state index contributed by atoms with van der Waals surface area (Å²) in [7, 11) is 0. The maximum absolute atomic E-state index is 11.6. The van der Waals surface area contributed by atoms with Crippen molar-refractivity contribution in [3.8, 4) is 0 Å². The van der Waals surface area contributed by atoms with E-state index in [1.165, 1.54) is 13.8 Å². The van der Waals surface area contributed by atoms with Crippen molar-refractivity contribution in [2.75, 3.05) is 13.1 Å². The largest absolute Gasteiger partial charge is 0.478 e. The first-order valence-corrected chi connectivity index (χ1v) is 5.44. The standard InChI is InChI=1S/C11H16N2O4/c1-7(8(2)10(15)16)9(14)12-11(17)13-5-3-4-6-13/h3-6H2,1-2H3,(H,15,16)(H,12,14,17). The van der Waals surface area contributed by atoms with E-state index >= 15 is 0 Å². The van der Waals surface area contributed by atoms with E-state index in [0.29, 0.717) is 13.1 Å². The van der Waals surface area contributed by atoms with Crippen LogP contribution in [0.5, 0.6) is 0 Å². The van der Waals surface area contributed by atoms with E-state index in [1.807, 2.05) is 0 Å². The van der Waals surface area contributed by atoms with Gasteiger partial charge >= 0.3 is 12.0 Å². The van der Waals surface area contributed by atoms with Crippen LogP contribution in [0.2, 0.25) is 0 Å². The third kappa shape index (κ3) is 3.30. The molecule has 2 N–H and O–H groups in total. The molecule has 1 aliphatic heterocycles. The SMILES string of the molecule is CC(C(=O)O)=C(C)C(=O)NC(=O)N1CCCC1. The van der Waals surface area contributed by atoms with Crippen LogP contribution in [-0.4, -0.2) is 41.0 Å². The van der Waals surface area contributed by atoms with Gasteiger partial charge < -0.3 is 10.0 Å². The number of rotatable bonds is 2. The summed E-state index contributed by atoms with van der Waals surface area (Å²) in [6.07, 6.45) is 1.87. The zero-order valence-electron chi connectivity index (χ0n) is 9.95. The molecular weight excluding hydrogens is 224 g/mol. The van der Waals surface area contributed by atoms with Crippen molar-refractivity contribution in [2.24, 2.45) is 0 Å². The number of hydrogen-bond donors (Lipinski definition) is 2. The van der Waals surface area contributed by atoms with Gasteiger partial charge in [0.2, 0.25) is 0 Å². The minimum atomic E-state index is -1.16. The van der Waals surface area contributed by atoms with Gasteiger partial charge in [-0.3, -0.25) is 10.1 Å². The van der Waals surface area contributed by atoms with Crippen LogP contribution in [0.1, 0.15) is 26.7 Å². The smallest absolute Gasteiger partial charge is 0.331 e. The number of nitrogens with zero attached hydrogens (tertiary/aromatic N) is 1. The average molecular weight is 240 g/mol. The number of carbonyl (C=O) groups is 3. The maximum atomic E-state index is 11.6. The fourth-order valence-electron chi connectivity index (χ4n) is 1.52. The van der Waals surface area contributed by atoms with Gasteiger partial charge in [0.05, 0.1) is 0 Å². The lowest BCUT2D eigenvalue weighted by molar-refractivity contribution is -0.133. The number of carboxylic acids is 1. The maximum Gasteiger partial charge on any atom is 0.331 e. The molecule has 6 nitrogen and oxygen atoms in total. The lowest BCUT2D eigenvalue weighted by atomic mass is 10.1. The number of amides is 3. The fraction of sp³-hybridized carbons (Fsp3) is 0.545. The van der Waals surface area contributed by atoms with E-state index in [0.717, 1.165) is 12.8 Å². The van der Waals surface area contributed by atoms with E-state index in [1.54, 1.807) is 4.90 Å². The molecule has 1 aliphatic rings. The summed E-state index contributed by atoms with van der Waals surface area (Å²) in [5, 5.41) is 10.9. The van der Waals surface area contributed by atoms with Crippen LogP contribution in [0.3, 0.4) is 0 Å². The highest BCUT2D eigenvalue weighted by atomic mass is 16.4. The van der Waals surface area contributed by atoms with Crippen LogP contribution < -0.4 is 5.32 Å². The molecule has 3 amide bonds. The first-order chi connectivity index (χ1) is 7.93. The molecule has 0 spiro atoms. The molecule has 0 aromatic rings. The summed E-state index contributed by atoms with van der Waals surface area (Å²) in [5.41, 5.74) is -0.0123. The summed E-state index contributed by atoms with van der Waals surface area (Å²) in [6.45, 7) is 3.99. The Hall–Kier alpha value is -1.85. The minimum absolute atomic E-state index is 0.0463. The molecule has 0 radical (unpaired) electrons. The quantitative estimate of drug-likeness (QED) is 0.697. The van der Waals surface area contributed by atoms with Crippen LogP contribution in [0.4, 0.5) is 4.79 Å². The van der Waals surface area contributed by atoms with Gasteiger partial charge in [-0.05, 0) is 26.7 Å². The molecule has 1 rings (SSSR count). The summed E-state index contributed by atoms with van der Waals surface area (Å²) in [4.78, 5) is 35.3. The van der Waals surface area contributed by atoms with Crippen molar-refractivity contribution in [3.05, 3.63) is 11.1 Å². The van der Waals surface area contributed by atoms with Crippen molar-refractivity contribution in [1.29, 1.82) is 0 Å². The first-order valence-electron chi connectivity index (χ1n) is 5.44. The van der Waals surface area contributed by atoms with Gasteiger partial charge in [-0.25, -0.2) is 9.59 Å². The van der Waals surface area contributed by atoms with Gasteiger partial charge in [0.15, 0.2) is 0 Å². The Balaban J connectivity index is 2.63. The van der Waals surface area contributed by atoms with Crippen LogP contribution in [0.15, 0.2) is 11.1 Å². The van der Waals surface area contributed by atoms with Crippen molar-refractivity contribution >= 4 is 17.9 Å². The van der Waals surface area contributed by atoms with Crippen LogP contribution >= 0.6 is 0 Å². The molecule has 1 heterocycles. The van der Waals surface area contributed by atoms with Crippen molar-refractivity contribution in [2.45, 2.75) is 26.7 Å². The molecule has 0 aromatic carbocycles. The Morgan fingerprint density at radius 2 is 1.59 bits per heavy atom. The molecular formula is C11H16N2O4. The van der Waals surface area contributed by atoms with E-state index in [-0.39, 0.29) is 11.1 Å². The molecule has 0 aromatic heterocycles. The molecule has 17 heavy (non-hydrogen) atoms. The van der Waals surface area contributed by atoms with Gasteiger partial charge in [0.1, 0.15) is 0 Å². The number of nitrogens with one attached hydrogen (secondary N) is 1. The molecule has 0 aliphatic carbocycles. The highest BCUT2D eigenvalue weighted by molar-refractivity contribution is 6.07. The monoisotopic (exact) mass is 240 g/mol. The highest BCUT2D eigenvalue weighted by Crippen LogP contribution is 2.08. The number of aliphatic carboxylic acids is 1. The second kappa shape index (κ2) is 5.47. The third-order valence-electron chi connectivity index (χ3n) is 2.84. The van der Waals surface area contributed by atoms with Gasteiger partial charge in [0.25, 0.3) is 5.91 Å². The van der Waals surface area contributed by atoms with Crippen molar-refractivity contribution in [3.63, 3.8) is 0 Å². The second-order valence-corrected chi connectivity index (χ2v) is 4.01. The Kier molecular flexibility index (Phi) is 4.25. The summed E-state index contributed by atoms with van der Waals surface area (Å²) >= 11 is 0. The van der Waals surface area contributed by atoms with E-state index in [4.69, 9.17) is 5.11 Å². The highest BCUT2D eigenvalue weighted by Gasteiger charge is 2.21. The molecule has 6 heteroatoms. The van der Waals surface area contributed by atoms with Crippen LogP contribution in [-0.2, 0) is 9.59 Å². The van der Waals surface area contributed by atoms with Gasteiger partial charge in [0, 0.05) is 24.2 Å². The Morgan fingerprint density at radius 3 is 2.06 bits per heavy atom. The molecule has 1 fully saturated rings. The number of likely N-dealkylation sites (tertiary alicyclic amines) is 1. The normalized spacial score (nSPS) is 16.5. The number of carbonyl (C=O) groups excluding carboxylic acids is 2. The van der Waals surface area contributed by atoms with Crippen molar-refractivity contribution in [1.82, 2.24) is 10.2 Å². The summed E-state index contributed by atoms with van der Waals surface area (Å²) in [6, 6.07) is -0.454. The lowest BCUT2D eigenvalue weighted by Crippen LogP contribution is -2.41. The Labute approximate surface area is 99.3 Å². The number of urea groups is 1. The molecule has 0 bridgehead atoms.